The van der Waals surface area contributed by atoms with Crippen LogP contribution in [0.5, 0.6) is 5.75 Å². The molecule has 1 heterocycles. The number of hydrogen-bond donors (Lipinski definition) is 0. The van der Waals surface area contributed by atoms with E-state index in [2.05, 4.69) is 0 Å². The Kier molecular flexibility index (Phi) is 6.87. The molecule has 148 valence electrons. The number of amides is 2. The lowest BCUT2D eigenvalue weighted by atomic mass is 10.1. The lowest BCUT2D eigenvalue weighted by molar-refractivity contribution is -0.132. The second kappa shape index (κ2) is 9.55. The van der Waals surface area contributed by atoms with E-state index in [-0.39, 0.29) is 17.6 Å². The first-order chi connectivity index (χ1) is 13.5. The molecule has 0 unspecified atom stereocenters. The molecule has 7 heteroatoms. The van der Waals surface area contributed by atoms with Crippen molar-refractivity contribution in [2.75, 3.05) is 32.8 Å². The second-order valence-corrected chi connectivity index (χ2v) is 7.02. The fourth-order valence-electron chi connectivity index (χ4n) is 3.04. The van der Waals surface area contributed by atoms with Crippen LogP contribution in [0.4, 0.5) is 4.39 Å². The topological polar surface area (TPSA) is 49.9 Å². The minimum atomic E-state index is -0.369. The Labute approximate surface area is 168 Å². The van der Waals surface area contributed by atoms with Gasteiger partial charge in [-0.05, 0) is 55.0 Å². The fourth-order valence-corrected chi connectivity index (χ4v) is 3.16. The molecule has 3 rings (SSSR count). The van der Waals surface area contributed by atoms with Gasteiger partial charge in [0.15, 0.2) is 0 Å². The zero-order chi connectivity index (χ0) is 19.9. The van der Waals surface area contributed by atoms with Gasteiger partial charge in [-0.3, -0.25) is 9.59 Å². The number of benzene rings is 2. The monoisotopic (exact) mass is 404 g/mol. The van der Waals surface area contributed by atoms with Crippen molar-refractivity contribution < 1.29 is 18.7 Å². The lowest BCUT2D eigenvalue weighted by Crippen LogP contribution is -2.50. The van der Waals surface area contributed by atoms with Crippen LogP contribution in [-0.2, 0) is 4.79 Å². The second-order valence-electron chi connectivity index (χ2n) is 6.59. The number of piperazine rings is 1. The summed E-state index contributed by atoms with van der Waals surface area (Å²) in [7, 11) is 0. The van der Waals surface area contributed by atoms with Crippen LogP contribution in [0.2, 0.25) is 5.02 Å². The predicted octanol–water partition coefficient (Wildman–Crippen LogP) is 3.62. The van der Waals surface area contributed by atoms with Gasteiger partial charge in [0.05, 0.1) is 6.61 Å². The van der Waals surface area contributed by atoms with Crippen molar-refractivity contribution in [3.05, 3.63) is 64.9 Å². The van der Waals surface area contributed by atoms with Gasteiger partial charge < -0.3 is 14.5 Å². The van der Waals surface area contributed by atoms with Gasteiger partial charge >= 0.3 is 0 Å². The van der Waals surface area contributed by atoms with E-state index in [4.69, 9.17) is 16.3 Å². The first-order valence-electron chi connectivity index (χ1n) is 9.24. The average Bonchev–Trinajstić information content (AvgIpc) is 2.72. The highest BCUT2D eigenvalue weighted by atomic mass is 35.5. The van der Waals surface area contributed by atoms with E-state index in [1.807, 2.05) is 0 Å². The number of ether oxygens (including phenoxy) is 1. The van der Waals surface area contributed by atoms with Crippen LogP contribution in [0.3, 0.4) is 0 Å². The van der Waals surface area contributed by atoms with Crippen molar-refractivity contribution in [3.8, 4) is 5.75 Å². The van der Waals surface area contributed by atoms with Crippen LogP contribution in [0.25, 0.3) is 0 Å². The molecule has 0 radical (unpaired) electrons. The van der Waals surface area contributed by atoms with E-state index in [9.17, 15) is 14.0 Å². The minimum Gasteiger partial charge on any atom is -0.494 e. The molecule has 28 heavy (non-hydrogen) atoms. The van der Waals surface area contributed by atoms with E-state index in [1.165, 1.54) is 24.3 Å². The van der Waals surface area contributed by atoms with Gasteiger partial charge in [0.25, 0.3) is 5.91 Å². The molecule has 1 fully saturated rings. The maximum Gasteiger partial charge on any atom is 0.253 e. The third kappa shape index (κ3) is 5.45. The molecular weight excluding hydrogens is 383 g/mol. The van der Waals surface area contributed by atoms with Crippen LogP contribution >= 0.6 is 11.6 Å². The van der Waals surface area contributed by atoms with Gasteiger partial charge in [0.1, 0.15) is 11.6 Å². The summed E-state index contributed by atoms with van der Waals surface area (Å²) in [6.07, 6.45) is 1.02. The quantitative estimate of drug-likeness (QED) is 0.691. The minimum absolute atomic E-state index is 0.0635. The van der Waals surface area contributed by atoms with Crippen molar-refractivity contribution >= 4 is 23.4 Å². The largest absolute Gasteiger partial charge is 0.494 e. The van der Waals surface area contributed by atoms with Crippen LogP contribution in [0, 0.1) is 5.82 Å². The normalized spacial score (nSPS) is 14.1. The summed E-state index contributed by atoms with van der Waals surface area (Å²) >= 11 is 5.83. The number of carbonyl (C=O) groups is 2. The van der Waals surface area contributed by atoms with Crippen molar-refractivity contribution in [2.24, 2.45) is 0 Å². The predicted molar refractivity (Wildman–Crippen MR) is 105 cm³/mol. The maximum absolute atomic E-state index is 13.0. The fraction of sp³-hybridized carbons (Fsp3) is 0.333. The van der Waals surface area contributed by atoms with Crippen LogP contribution in [0.1, 0.15) is 23.2 Å². The van der Waals surface area contributed by atoms with Gasteiger partial charge in [-0.25, -0.2) is 4.39 Å². The number of nitrogens with zero attached hydrogens (tertiary/aromatic N) is 2. The molecule has 2 aromatic carbocycles. The number of carbonyl (C=O) groups excluding carboxylic acids is 2. The zero-order valence-electron chi connectivity index (χ0n) is 15.4. The molecule has 1 aliphatic rings. The molecule has 0 atom stereocenters. The summed E-state index contributed by atoms with van der Waals surface area (Å²) in [5, 5.41) is 0.652. The molecule has 1 aliphatic heterocycles. The van der Waals surface area contributed by atoms with Crippen molar-refractivity contribution in [2.45, 2.75) is 12.8 Å². The summed E-state index contributed by atoms with van der Waals surface area (Å²) in [6.45, 7) is 2.41. The van der Waals surface area contributed by atoms with Gasteiger partial charge in [0, 0.05) is 43.2 Å². The molecule has 2 amide bonds. The van der Waals surface area contributed by atoms with E-state index in [0.717, 1.165) is 5.75 Å². The summed E-state index contributed by atoms with van der Waals surface area (Å²) < 4.78 is 18.6. The van der Waals surface area contributed by atoms with Gasteiger partial charge in [-0.2, -0.15) is 0 Å². The smallest absolute Gasteiger partial charge is 0.253 e. The number of rotatable bonds is 6. The first kappa shape index (κ1) is 20.1. The van der Waals surface area contributed by atoms with Gasteiger partial charge in [-0.1, -0.05) is 11.6 Å². The third-order valence-electron chi connectivity index (χ3n) is 4.63. The molecular formula is C21H22ClFN2O3. The van der Waals surface area contributed by atoms with Crippen LogP contribution in [0.15, 0.2) is 48.5 Å². The van der Waals surface area contributed by atoms with Crippen molar-refractivity contribution in [1.29, 1.82) is 0 Å². The standard InChI is InChI=1S/C21H22ClFN2O3/c22-17-5-9-19(10-6-17)28-15-1-2-20(26)24-11-13-25(14-12-24)21(27)16-3-7-18(23)8-4-16/h3-10H,1-2,11-15H2. The Morgan fingerprint density at radius 3 is 2.18 bits per heavy atom. The third-order valence-corrected chi connectivity index (χ3v) is 4.88. The summed E-state index contributed by atoms with van der Waals surface area (Å²) in [5.41, 5.74) is 0.459. The van der Waals surface area contributed by atoms with E-state index < -0.39 is 0 Å². The zero-order valence-corrected chi connectivity index (χ0v) is 16.2. The first-order valence-corrected chi connectivity index (χ1v) is 9.62. The Morgan fingerprint density at radius 2 is 1.54 bits per heavy atom. The van der Waals surface area contributed by atoms with Crippen LogP contribution in [-0.4, -0.2) is 54.4 Å². The highest BCUT2D eigenvalue weighted by molar-refractivity contribution is 6.30. The van der Waals surface area contributed by atoms with Crippen LogP contribution < -0.4 is 4.74 Å². The molecule has 2 aromatic rings. The lowest BCUT2D eigenvalue weighted by Gasteiger charge is -2.35. The van der Waals surface area contributed by atoms with Gasteiger partial charge in [0.2, 0.25) is 5.91 Å². The Hall–Kier alpha value is -2.60. The molecule has 1 saturated heterocycles. The Balaban J connectivity index is 1.38. The Bertz CT molecular complexity index is 803. The molecule has 0 aromatic heterocycles. The van der Waals surface area contributed by atoms with Crippen molar-refractivity contribution in [3.63, 3.8) is 0 Å². The average molecular weight is 405 g/mol. The van der Waals surface area contributed by atoms with E-state index in [1.54, 1.807) is 34.1 Å². The van der Waals surface area contributed by atoms with Crippen molar-refractivity contribution in [1.82, 2.24) is 9.80 Å². The highest BCUT2D eigenvalue weighted by Gasteiger charge is 2.24. The molecule has 0 saturated carbocycles. The molecule has 0 spiro atoms. The molecule has 0 N–H and O–H groups in total. The van der Waals surface area contributed by atoms with E-state index >= 15 is 0 Å². The summed E-state index contributed by atoms with van der Waals surface area (Å²) in [6, 6.07) is 12.6. The molecule has 0 aliphatic carbocycles. The molecule has 5 nitrogen and oxygen atoms in total. The SMILES string of the molecule is O=C(CCCOc1ccc(Cl)cc1)N1CCN(C(=O)c2ccc(F)cc2)CC1. The number of hydrogen-bond acceptors (Lipinski definition) is 3. The Morgan fingerprint density at radius 1 is 0.929 bits per heavy atom. The summed E-state index contributed by atoms with van der Waals surface area (Å²) in [4.78, 5) is 28.2. The number of halogens is 2. The van der Waals surface area contributed by atoms with E-state index in [0.29, 0.717) is 56.2 Å². The highest BCUT2D eigenvalue weighted by Crippen LogP contribution is 2.16. The summed E-state index contributed by atoms with van der Waals surface area (Å²) in [5.74, 6) is 0.286. The van der Waals surface area contributed by atoms with Gasteiger partial charge in [-0.15, -0.1) is 0 Å². The molecule has 0 bridgehead atoms. The maximum atomic E-state index is 13.0.